The highest BCUT2D eigenvalue weighted by Gasteiger charge is 2.25. The summed E-state index contributed by atoms with van der Waals surface area (Å²) in [6, 6.07) is 11.8. The molecule has 0 aliphatic rings. The SMILES string of the molecule is COc1ccc(Cl)cc1C(=O)O[C@H](C)C(=O)N(C)CC(=O)Nc1ccc(C)cc1. The lowest BCUT2D eigenvalue weighted by Crippen LogP contribution is -2.41. The maximum atomic E-state index is 12.5. The Bertz CT molecular complexity index is 898. The summed E-state index contributed by atoms with van der Waals surface area (Å²) in [6.45, 7) is 3.19. The summed E-state index contributed by atoms with van der Waals surface area (Å²) < 4.78 is 10.3. The van der Waals surface area contributed by atoms with Gasteiger partial charge in [0.1, 0.15) is 11.3 Å². The highest BCUT2D eigenvalue weighted by molar-refractivity contribution is 6.31. The molecule has 7 nitrogen and oxygen atoms in total. The number of nitrogens with one attached hydrogen (secondary N) is 1. The molecule has 0 fully saturated rings. The molecule has 1 N–H and O–H groups in total. The number of hydrogen-bond donors (Lipinski definition) is 1. The third-order valence-corrected chi connectivity index (χ3v) is 4.34. The van der Waals surface area contributed by atoms with Crippen molar-refractivity contribution in [2.45, 2.75) is 20.0 Å². The number of carbonyl (C=O) groups excluding carboxylic acids is 3. The van der Waals surface area contributed by atoms with Crippen LogP contribution in [0.5, 0.6) is 5.75 Å². The molecule has 2 rings (SSSR count). The van der Waals surface area contributed by atoms with E-state index in [0.717, 1.165) is 5.56 Å². The molecule has 0 saturated heterocycles. The highest BCUT2D eigenvalue weighted by atomic mass is 35.5. The van der Waals surface area contributed by atoms with E-state index in [-0.39, 0.29) is 23.8 Å². The van der Waals surface area contributed by atoms with Crippen molar-refractivity contribution >= 4 is 35.1 Å². The second-order valence-electron chi connectivity index (χ2n) is 6.50. The average Bonchev–Trinajstić information content (AvgIpc) is 2.68. The zero-order valence-corrected chi connectivity index (χ0v) is 17.4. The highest BCUT2D eigenvalue weighted by Crippen LogP contribution is 2.24. The number of rotatable bonds is 7. The van der Waals surface area contributed by atoms with Gasteiger partial charge in [-0.2, -0.15) is 0 Å². The van der Waals surface area contributed by atoms with Crippen molar-refractivity contribution in [3.63, 3.8) is 0 Å². The molecule has 0 heterocycles. The Labute approximate surface area is 174 Å². The van der Waals surface area contributed by atoms with E-state index in [4.69, 9.17) is 21.1 Å². The number of benzene rings is 2. The quantitative estimate of drug-likeness (QED) is 0.697. The Morgan fingerprint density at radius 1 is 1.14 bits per heavy atom. The number of aryl methyl sites for hydroxylation is 1. The Balaban J connectivity index is 1.94. The smallest absolute Gasteiger partial charge is 0.342 e. The van der Waals surface area contributed by atoms with Gasteiger partial charge in [0.25, 0.3) is 5.91 Å². The summed E-state index contributed by atoms with van der Waals surface area (Å²) >= 11 is 5.92. The number of nitrogens with zero attached hydrogens (tertiary/aromatic N) is 1. The minimum Gasteiger partial charge on any atom is -0.496 e. The van der Waals surface area contributed by atoms with E-state index in [1.807, 2.05) is 19.1 Å². The predicted octanol–water partition coefficient (Wildman–Crippen LogP) is 3.30. The fraction of sp³-hybridized carbons (Fsp3) is 0.286. The van der Waals surface area contributed by atoms with Crippen LogP contribution in [-0.2, 0) is 14.3 Å². The van der Waals surface area contributed by atoms with Crippen LogP contribution in [0.3, 0.4) is 0 Å². The third kappa shape index (κ3) is 6.22. The van der Waals surface area contributed by atoms with Crippen molar-refractivity contribution < 1.29 is 23.9 Å². The van der Waals surface area contributed by atoms with Gasteiger partial charge in [0.2, 0.25) is 5.91 Å². The Hall–Kier alpha value is -3.06. The van der Waals surface area contributed by atoms with Gasteiger partial charge in [-0.1, -0.05) is 29.3 Å². The van der Waals surface area contributed by atoms with E-state index in [2.05, 4.69) is 5.32 Å². The molecule has 8 heteroatoms. The van der Waals surface area contributed by atoms with E-state index in [0.29, 0.717) is 10.7 Å². The van der Waals surface area contributed by atoms with Crippen LogP contribution < -0.4 is 10.1 Å². The topological polar surface area (TPSA) is 84.9 Å². The number of carbonyl (C=O) groups is 3. The maximum Gasteiger partial charge on any atom is 0.342 e. The van der Waals surface area contributed by atoms with Crippen molar-refractivity contribution in [2.24, 2.45) is 0 Å². The van der Waals surface area contributed by atoms with Crippen LogP contribution in [0.4, 0.5) is 5.69 Å². The molecule has 2 aromatic carbocycles. The Kier molecular flexibility index (Phi) is 7.61. The average molecular weight is 419 g/mol. The van der Waals surface area contributed by atoms with Crippen LogP contribution in [0, 0.1) is 6.92 Å². The third-order valence-electron chi connectivity index (χ3n) is 4.11. The molecule has 29 heavy (non-hydrogen) atoms. The first-order valence-corrected chi connectivity index (χ1v) is 9.25. The molecule has 0 radical (unpaired) electrons. The van der Waals surface area contributed by atoms with E-state index in [1.54, 1.807) is 18.2 Å². The lowest BCUT2D eigenvalue weighted by atomic mass is 10.2. The normalized spacial score (nSPS) is 11.3. The number of anilines is 1. The van der Waals surface area contributed by atoms with Crippen molar-refractivity contribution in [1.29, 1.82) is 0 Å². The molecular weight excluding hydrogens is 396 g/mol. The molecule has 0 spiro atoms. The summed E-state index contributed by atoms with van der Waals surface area (Å²) in [7, 11) is 2.87. The minimum atomic E-state index is -1.09. The molecular formula is C21H23ClN2O5. The zero-order valence-electron chi connectivity index (χ0n) is 16.7. The molecule has 0 bridgehead atoms. The number of esters is 1. The molecule has 154 valence electrons. The fourth-order valence-corrected chi connectivity index (χ4v) is 2.73. The van der Waals surface area contributed by atoms with Crippen LogP contribution in [0.1, 0.15) is 22.8 Å². The molecule has 1 atom stereocenters. The number of methoxy groups -OCH3 is 1. The van der Waals surface area contributed by atoms with Crippen LogP contribution >= 0.6 is 11.6 Å². The minimum absolute atomic E-state index is 0.111. The van der Waals surface area contributed by atoms with E-state index in [1.165, 1.54) is 38.1 Å². The molecule has 0 unspecified atom stereocenters. The van der Waals surface area contributed by atoms with E-state index < -0.39 is 18.0 Å². The monoisotopic (exact) mass is 418 g/mol. The molecule has 0 saturated carbocycles. The van der Waals surface area contributed by atoms with Gasteiger partial charge in [-0.05, 0) is 44.2 Å². The van der Waals surface area contributed by atoms with Gasteiger partial charge in [-0.15, -0.1) is 0 Å². The van der Waals surface area contributed by atoms with Crippen molar-refractivity contribution in [2.75, 3.05) is 26.0 Å². The lowest BCUT2D eigenvalue weighted by molar-refractivity contribution is -0.140. The standard InChI is InChI=1S/C21H23ClN2O5/c1-13-5-8-16(9-6-13)23-19(25)12-24(3)20(26)14(2)29-21(27)17-11-15(22)7-10-18(17)28-4/h5-11,14H,12H2,1-4H3,(H,23,25)/t14-/m1/s1. The van der Waals surface area contributed by atoms with Gasteiger partial charge in [0, 0.05) is 17.8 Å². The molecule has 0 aromatic heterocycles. The number of ether oxygens (including phenoxy) is 2. The van der Waals surface area contributed by atoms with Crippen molar-refractivity contribution in [1.82, 2.24) is 4.90 Å². The van der Waals surface area contributed by atoms with Crippen LogP contribution in [0.25, 0.3) is 0 Å². The maximum absolute atomic E-state index is 12.5. The first-order chi connectivity index (χ1) is 13.7. The fourth-order valence-electron chi connectivity index (χ4n) is 2.56. The summed E-state index contributed by atoms with van der Waals surface area (Å²) in [5, 5.41) is 3.04. The molecule has 0 aliphatic carbocycles. The van der Waals surface area contributed by atoms with Gasteiger partial charge in [0.05, 0.1) is 13.7 Å². The largest absolute Gasteiger partial charge is 0.496 e. The summed E-state index contributed by atoms with van der Waals surface area (Å²) in [4.78, 5) is 38.2. The Morgan fingerprint density at radius 2 is 1.79 bits per heavy atom. The Morgan fingerprint density at radius 3 is 2.41 bits per heavy atom. The number of hydrogen-bond acceptors (Lipinski definition) is 5. The first kappa shape index (κ1) is 22.2. The van der Waals surface area contributed by atoms with Crippen molar-refractivity contribution in [3.8, 4) is 5.75 Å². The summed E-state index contributed by atoms with van der Waals surface area (Å²) in [5.74, 6) is -1.34. The van der Waals surface area contributed by atoms with Crippen LogP contribution in [0.2, 0.25) is 5.02 Å². The van der Waals surface area contributed by atoms with Crippen LogP contribution in [-0.4, -0.2) is 49.5 Å². The second-order valence-corrected chi connectivity index (χ2v) is 6.94. The first-order valence-electron chi connectivity index (χ1n) is 8.87. The van der Waals surface area contributed by atoms with Gasteiger partial charge in [-0.25, -0.2) is 4.79 Å². The molecule has 2 aromatic rings. The van der Waals surface area contributed by atoms with Gasteiger partial charge >= 0.3 is 5.97 Å². The summed E-state index contributed by atoms with van der Waals surface area (Å²) in [5.41, 5.74) is 1.82. The number of amides is 2. The van der Waals surface area contributed by atoms with Gasteiger partial charge in [-0.3, -0.25) is 9.59 Å². The predicted molar refractivity (Wildman–Crippen MR) is 110 cm³/mol. The van der Waals surface area contributed by atoms with E-state index in [9.17, 15) is 14.4 Å². The number of likely N-dealkylation sites (N-methyl/N-ethyl adjacent to an activating group) is 1. The summed E-state index contributed by atoms with van der Waals surface area (Å²) in [6.07, 6.45) is -1.09. The molecule has 0 aliphatic heterocycles. The zero-order chi connectivity index (χ0) is 21.6. The molecule has 2 amide bonds. The van der Waals surface area contributed by atoms with Crippen LogP contribution in [0.15, 0.2) is 42.5 Å². The number of halogens is 1. The van der Waals surface area contributed by atoms with Crippen molar-refractivity contribution in [3.05, 3.63) is 58.6 Å². The second kappa shape index (κ2) is 9.93. The van der Waals surface area contributed by atoms with Gasteiger partial charge < -0.3 is 19.7 Å². The lowest BCUT2D eigenvalue weighted by Gasteiger charge is -2.21. The van der Waals surface area contributed by atoms with E-state index >= 15 is 0 Å². The van der Waals surface area contributed by atoms with Gasteiger partial charge in [0.15, 0.2) is 6.10 Å².